The smallest absolute Gasteiger partial charge is 0.308 e. The van der Waals surface area contributed by atoms with Crippen LogP contribution in [-0.2, 0) is 5.54 Å². The van der Waals surface area contributed by atoms with Crippen molar-refractivity contribution in [2.45, 2.75) is 44.7 Å². The maximum absolute atomic E-state index is 13.3. The quantitative estimate of drug-likeness (QED) is 0.695. The summed E-state index contributed by atoms with van der Waals surface area (Å²) in [5.41, 5.74) is 1.77. The fraction of sp³-hybridized carbons (Fsp3) is 0.364. The molecule has 2 unspecified atom stereocenters. The number of carbonyl (C=O) groups is 1. The van der Waals surface area contributed by atoms with Gasteiger partial charge in [-0.2, -0.15) is 5.10 Å². The van der Waals surface area contributed by atoms with Gasteiger partial charge in [0, 0.05) is 23.5 Å². The normalized spacial score (nSPS) is 24.4. The van der Waals surface area contributed by atoms with Crippen LogP contribution in [0.4, 0.5) is 14.9 Å². The summed E-state index contributed by atoms with van der Waals surface area (Å²) in [5, 5.41) is 11.2. The Hall–Kier alpha value is -3.49. The Morgan fingerprint density at radius 2 is 2.00 bits per heavy atom. The number of aromatic nitrogens is 5. The lowest BCUT2D eigenvalue weighted by Crippen LogP contribution is -2.70. The van der Waals surface area contributed by atoms with Crippen LogP contribution in [0.15, 0.2) is 43.0 Å². The van der Waals surface area contributed by atoms with Gasteiger partial charge in [0.15, 0.2) is 17.5 Å². The number of aryl methyl sites for hydroxylation is 1. The number of nitrogens with zero attached hydrogens (tertiary/aromatic N) is 6. The van der Waals surface area contributed by atoms with Crippen molar-refractivity contribution >= 4 is 11.7 Å². The van der Waals surface area contributed by atoms with E-state index >= 15 is 0 Å². The Bertz CT molecular complexity index is 1120. The monoisotopic (exact) mass is 419 g/mol. The first-order valence-electron chi connectivity index (χ1n) is 10.3. The molecule has 158 valence electrons. The van der Waals surface area contributed by atoms with Gasteiger partial charge in [-0.05, 0) is 49.8 Å². The fourth-order valence-corrected chi connectivity index (χ4v) is 5.00. The Morgan fingerprint density at radius 1 is 1.19 bits per heavy atom. The molecule has 8 nitrogen and oxygen atoms in total. The molecule has 3 aromatic rings. The molecule has 0 radical (unpaired) electrons. The van der Waals surface area contributed by atoms with Crippen molar-refractivity contribution in [3.05, 3.63) is 60.2 Å². The minimum absolute atomic E-state index is 0.151. The Balaban J connectivity index is 1.42. The van der Waals surface area contributed by atoms with Crippen molar-refractivity contribution in [1.82, 2.24) is 30.0 Å². The molecular formula is C22H22FN7O. The molecule has 1 N–H and O–H groups in total. The van der Waals surface area contributed by atoms with Gasteiger partial charge < -0.3 is 10.2 Å². The van der Waals surface area contributed by atoms with Crippen LogP contribution in [0.5, 0.6) is 0 Å². The second-order valence-corrected chi connectivity index (χ2v) is 8.46. The van der Waals surface area contributed by atoms with Crippen molar-refractivity contribution in [3.8, 4) is 11.4 Å². The molecule has 0 spiro atoms. The second-order valence-electron chi connectivity index (χ2n) is 8.46. The summed E-state index contributed by atoms with van der Waals surface area (Å²) in [4.78, 5) is 27.7. The van der Waals surface area contributed by atoms with Crippen molar-refractivity contribution in [1.29, 1.82) is 0 Å². The maximum atomic E-state index is 13.3. The number of halogens is 1. The van der Waals surface area contributed by atoms with Crippen LogP contribution < -0.4 is 5.32 Å². The molecular weight excluding hydrogens is 397 g/mol. The molecule has 0 aliphatic carbocycles. The van der Waals surface area contributed by atoms with Crippen LogP contribution in [-0.4, -0.2) is 42.1 Å². The summed E-state index contributed by atoms with van der Waals surface area (Å²) in [6, 6.07) is 5.50. The van der Waals surface area contributed by atoms with Crippen LogP contribution in [0, 0.1) is 18.7 Å². The SMILES string of the molecule is Cc1ccc(NC(=O)N2C3C[C@@H](C)CC2(c2nccnn2)C3)cc1-c1ncc(F)cn1. The predicted octanol–water partition coefficient (Wildman–Crippen LogP) is 3.71. The zero-order chi connectivity index (χ0) is 21.6. The third-order valence-corrected chi connectivity index (χ3v) is 6.23. The summed E-state index contributed by atoms with van der Waals surface area (Å²) in [5.74, 6) is 0.989. The van der Waals surface area contributed by atoms with E-state index in [1.807, 2.05) is 30.0 Å². The van der Waals surface area contributed by atoms with Crippen molar-refractivity contribution in [2.24, 2.45) is 5.92 Å². The van der Waals surface area contributed by atoms with E-state index in [1.165, 1.54) is 6.20 Å². The van der Waals surface area contributed by atoms with Crippen LogP contribution >= 0.6 is 0 Å². The van der Waals surface area contributed by atoms with Crippen molar-refractivity contribution in [3.63, 3.8) is 0 Å². The number of hydrogen-bond acceptors (Lipinski definition) is 6. The molecule has 2 aromatic heterocycles. The van der Waals surface area contributed by atoms with Gasteiger partial charge in [0.25, 0.3) is 0 Å². The topological polar surface area (TPSA) is 96.8 Å². The summed E-state index contributed by atoms with van der Waals surface area (Å²) < 4.78 is 13.2. The van der Waals surface area contributed by atoms with Gasteiger partial charge in [-0.1, -0.05) is 13.0 Å². The van der Waals surface area contributed by atoms with Gasteiger partial charge in [0.1, 0.15) is 5.54 Å². The largest absolute Gasteiger partial charge is 0.322 e. The van der Waals surface area contributed by atoms with Gasteiger partial charge in [0.2, 0.25) is 0 Å². The lowest BCUT2D eigenvalue weighted by atomic mass is 9.64. The first-order chi connectivity index (χ1) is 15.0. The van der Waals surface area contributed by atoms with Gasteiger partial charge >= 0.3 is 6.03 Å². The van der Waals surface area contributed by atoms with Crippen molar-refractivity contribution < 1.29 is 9.18 Å². The molecule has 2 saturated heterocycles. The van der Waals surface area contributed by atoms with E-state index in [0.29, 0.717) is 23.3 Å². The number of rotatable bonds is 3. The van der Waals surface area contributed by atoms with E-state index in [-0.39, 0.29) is 12.1 Å². The molecule has 3 atom stereocenters. The molecule has 9 heteroatoms. The lowest BCUT2D eigenvalue weighted by Gasteiger charge is -2.62. The van der Waals surface area contributed by atoms with E-state index in [9.17, 15) is 9.18 Å². The number of piperidine rings is 1. The van der Waals surface area contributed by atoms with Crippen LogP contribution in [0.1, 0.15) is 37.6 Å². The highest BCUT2D eigenvalue weighted by Gasteiger charge is 2.61. The number of carbonyl (C=O) groups excluding carboxylic acids is 1. The van der Waals surface area contributed by atoms with E-state index in [0.717, 1.165) is 42.8 Å². The molecule has 2 aliphatic heterocycles. The van der Waals surface area contributed by atoms with Crippen LogP contribution in [0.3, 0.4) is 0 Å². The zero-order valence-corrected chi connectivity index (χ0v) is 17.3. The second kappa shape index (κ2) is 7.33. The van der Waals surface area contributed by atoms with Crippen molar-refractivity contribution in [2.75, 3.05) is 5.32 Å². The number of anilines is 1. The zero-order valence-electron chi connectivity index (χ0n) is 17.3. The molecule has 1 aromatic carbocycles. The van der Waals surface area contributed by atoms with E-state index in [4.69, 9.17) is 0 Å². The van der Waals surface area contributed by atoms with Gasteiger partial charge in [0.05, 0.1) is 18.6 Å². The lowest BCUT2D eigenvalue weighted by molar-refractivity contribution is -0.101. The fourth-order valence-electron chi connectivity index (χ4n) is 5.00. The van der Waals surface area contributed by atoms with Gasteiger partial charge in [-0.15, -0.1) is 5.10 Å². The molecule has 2 amide bonds. The summed E-state index contributed by atoms with van der Waals surface area (Å²) in [6.07, 6.45) is 8.04. The number of hydrogen-bond donors (Lipinski definition) is 1. The predicted molar refractivity (Wildman–Crippen MR) is 111 cm³/mol. The highest BCUT2D eigenvalue weighted by Crippen LogP contribution is 2.54. The highest BCUT2D eigenvalue weighted by atomic mass is 19.1. The first-order valence-corrected chi connectivity index (χ1v) is 10.3. The number of fused-ring (bicyclic) bond motifs is 2. The molecule has 4 heterocycles. The average molecular weight is 419 g/mol. The summed E-state index contributed by atoms with van der Waals surface area (Å²) in [6.45, 7) is 4.12. The summed E-state index contributed by atoms with van der Waals surface area (Å²) in [7, 11) is 0. The van der Waals surface area contributed by atoms with Crippen LogP contribution in [0.25, 0.3) is 11.4 Å². The molecule has 31 heavy (non-hydrogen) atoms. The maximum Gasteiger partial charge on any atom is 0.322 e. The average Bonchev–Trinajstić information content (AvgIpc) is 2.76. The third kappa shape index (κ3) is 3.30. The standard InChI is InChI=1S/C22H22FN7O/c1-13-7-17-10-22(9-13,20-24-5-6-27-29-20)30(17)21(31)28-16-4-3-14(2)18(8-16)19-25-11-15(23)12-26-19/h3-6,8,11-13,17H,7,9-10H2,1-2H3,(H,28,31)/t13-,17?,22?/m1/s1. The molecule has 2 fully saturated rings. The Labute approximate surface area is 179 Å². The number of nitrogens with one attached hydrogen (secondary N) is 1. The number of amides is 2. The highest BCUT2D eigenvalue weighted by molar-refractivity contribution is 5.92. The van der Waals surface area contributed by atoms with Gasteiger partial charge in [-0.25, -0.2) is 24.1 Å². The number of urea groups is 1. The Kier molecular flexibility index (Phi) is 4.60. The Morgan fingerprint density at radius 3 is 2.74 bits per heavy atom. The first kappa shape index (κ1) is 19.5. The number of benzene rings is 1. The molecule has 5 rings (SSSR count). The third-order valence-electron chi connectivity index (χ3n) is 6.23. The van der Waals surface area contributed by atoms with E-state index < -0.39 is 11.4 Å². The minimum Gasteiger partial charge on any atom is -0.308 e. The van der Waals surface area contributed by atoms with E-state index in [2.05, 4.69) is 37.4 Å². The van der Waals surface area contributed by atoms with Crippen LogP contribution in [0.2, 0.25) is 0 Å². The molecule has 2 bridgehead atoms. The molecule has 2 aliphatic rings. The van der Waals surface area contributed by atoms with E-state index in [1.54, 1.807) is 6.20 Å². The van der Waals surface area contributed by atoms with Gasteiger partial charge in [-0.3, -0.25) is 0 Å². The minimum atomic E-state index is -0.520. The summed E-state index contributed by atoms with van der Waals surface area (Å²) >= 11 is 0. The molecule has 0 saturated carbocycles.